The Morgan fingerprint density at radius 1 is 1.26 bits per heavy atom. The van der Waals surface area contributed by atoms with Gasteiger partial charge in [0, 0.05) is 33.3 Å². The van der Waals surface area contributed by atoms with Gasteiger partial charge in [-0.3, -0.25) is 0 Å². The number of carboxylic acids is 1. The molecule has 112 valence electrons. The number of urea groups is 1. The minimum atomic E-state index is -1.08. The van der Waals surface area contributed by atoms with Gasteiger partial charge in [0.1, 0.15) is 6.04 Å². The van der Waals surface area contributed by atoms with Crippen molar-refractivity contribution < 1.29 is 24.2 Å². The molecule has 19 heavy (non-hydrogen) atoms. The maximum Gasteiger partial charge on any atom is 0.326 e. The predicted molar refractivity (Wildman–Crippen MR) is 70.1 cm³/mol. The number of amides is 2. The van der Waals surface area contributed by atoms with E-state index in [1.165, 1.54) is 7.11 Å². The fourth-order valence-electron chi connectivity index (χ4n) is 1.26. The van der Waals surface area contributed by atoms with Crippen molar-refractivity contribution in [1.29, 1.82) is 0 Å². The summed E-state index contributed by atoms with van der Waals surface area (Å²) in [5.41, 5.74) is 0. The first-order valence-electron chi connectivity index (χ1n) is 6.31. The number of hydrogen-bond donors (Lipinski definition) is 3. The van der Waals surface area contributed by atoms with Gasteiger partial charge in [-0.2, -0.15) is 0 Å². The Labute approximate surface area is 113 Å². The molecule has 0 aromatic carbocycles. The average molecular weight is 276 g/mol. The molecule has 0 aromatic rings. The second-order valence-corrected chi connectivity index (χ2v) is 4.54. The molecule has 0 aliphatic heterocycles. The molecule has 0 aliphatic carbocycles. The molecule has 0 aliphatic rings. The minimum Gasteiger partial charge on any atom is -0.480 e. The zero-order valence-corrected chi connectivity index (χ0v) is 11.8. The van der Waals surface area contributed by atoms with Crippen molar-refractivity contribution >= 4 is 12.0 Å². The molecule has 0 spiro atoms. The highest BCUT2D eigenvalue weighted by molar-refractivity contribution is 5.82. The van der Waals surface area contributed by atoms with Crippen LogP contribution in [0.15, 0.2) is 0 Å². The van der Waals surface area contributed by atoms with Gasteiger partial charge in [0.15, 0.2) is 0 Å². The number of aliphatic carboxylic acids is 1. The van der Waals surface area contributed by atoms with Gasteiger partial charge in [-0.25, -0.2) is 9.59 Å². The lowest BCUT2D eigenvalue weighted by atomic mass is 10.2. The summed E-state index contributed by atoms with van der Waals surface area (Å²) in [6.45, 7) is 5.72. The molecule has 0 saturated heterocycles. The molecule has 0 fully saturated rings. The van der Waals surface area contributed by atoms with E-state index in [1.54, 1.807) is 0 Å². The van der Waals surface area contributed by atoms with E-state index in [4.69, 9.17) is 14.6 Å². The highest BCUT2D eigenvalue weighted by atomic mass is 16.5. The second kappa shape index (κ2) is 10.6. The maximum atomic E-state index is 11.4. The lowest BCUT2D eigenvalue weighted by Crippen LogP contribution is -2.47. The SMILES string of the molecule is COCCC(NC(=O)NCCOCC(C)C)C(=O)O. The molecular formula is C12H24N2O5. The van der Waals surface area contributed by atoms with Crippen molar-refractivity contribution in [3.63, 3.8) is 0 Å². The van der Waals surface area contributed by atoms with Gasteiger partial charge in [-0.1, -0.05) is 13.8 Å². The Balaban J connectivity index is 3.77. The lowest BCUT2D eigenvalue weighted by molar-refractivity contribution is -0.139. The third-order valence-corrected chi connectivity index (χ3v) is 2.20. The minimum absolute atomic E-state index is 0.225. The molecule has 7 nitrogen and oxygen atoms in total. The van der Waals surface area contributed by atoms with Gasteiger partial charge >= 0.3 is 12.0 Å². The van der Waals surface area contributed by atoms with Crippen LogP contribution in [0.3, 0.4) is 0 Å². The smallest absolute Gasteiger partial charge is 0.326 e. The van der Waals surface area contributed by atoms with Crippen LogP contribution in [0, 0.1) is 5.92 Å². The van der Waals surface area contributed by atoms with E-state index in [2.05, 4.69) is 10.6 Å². The van der Waals surface area contributed by atoms with Gasteiger partial charge in [0.25, 0.3) is 0 Å². The van der Waals surface area contributed by atoms with Crippen molar-refractivity contribution in [2.45, 2.75) is 26.3 Å². The molecule has 0 aromatic heterocycles. The summed E-state index contributed by atoms with van der Waals surface area (Å²) in [6, 6.07) is -1.46. The molecular weight excluding hydrogens is 252 g/mol. The topological polar surface area (TPSA) is 96.9 Å². The number of carbonyl (C=O) groups excluding carboxylic acids is 1. The first-order chi connectivity index (χ1) is 8.97. The summed E-state index contributed by atoms with van der Waals surface area (Å²) in [5, 5.41) is 13.8. The van der Waals surface area contributed by atoms with Gasteiger partial charge in [0.2, 0.25) is 0 Å². The van der Waals surface area contributed by atoms with Gasteiger partial charge < -0.3 is 25.2 Å². The van der Waals surface area contributed by atoms with Crippen LogP contribution in [0.25, 0.3) is 0 Å². The van der Waals surface area contributed by atoms with Gasteiger partial charge in [-0.15, -0.1) is 0 Å². The van der Waals surface area contributed by atoms with Crippen LogP contribution in [0.2, 0.25) is 0 Å². The Kier molecular flexibility index (Phi) is 9.82. The van der Waals surface area contributed by atoms with E-state index in [0.717, 1.165) is 0 Å². The lowest BCUT2D eigenvalue weighted by Gasteiger charge is -2.15. The highest BCUT2D eigenvalue weighted by Crippen LogP contribution is 1.93. The molecule has 1 atom stereocenters. The maximum absolute atomic E-state index is 11.4. The highest BCUT2D eigenvalue weighted by Gasteiger charge is 2.19. The first-order valence-corrected chi connectivity index (χ1v) is 6.31. The molecule has 0 heterocycles. The molecule has 0 rings (SSSR count). The monoisotopic (exact) mass is 276 g/mol. The van der Waals surface area contributed by atoms with Crippen LogP contribution in [-0.2, 0) is 14.3 Å². The zero-order chi connectivity index (χ0) is 14.7. The fraction of sp³-hybridized carbons (Fsp3) is 0.833. The van der Waals surface area contributed by atoms with Crippen LogP contribution < -0.4 is 10.6 Å². The Bertz CT molecular complexity index is 271. The summed E-state index contributed by atoms with van der Waals surface area (Å²) >= 11 is 0. The van der Waals surface area contributed by atoms with E-state index in [-0.39, 0.29) is 13.0 Å². The Hall–Kier alpha value is -1.34. The summed E-state index contributed by atoms with van der Waals surface area (Å²) in [7, 11) is 1.48. The largest absolute Gasteiger partial charge is 0.480 e. The van der Waals surface area contributed by atoms with E-state index in [0.29, 0.717) is 25.7 Å². The molecule has 0 saturated carbocycles. The van der Waals surface area contributed by atoms with Crippen molar-refractivity contribution in [2.24, 2.45) is 5.92 Å². The molecule has 3 N–H and O–H groups in total. The summed E-state index contributed by atoms with van der Waals surface area (Å²) in [5.74, 6) is -0.637. The summed E-state index contributed by atoms with van der Waals surface area (Å²) in [6.07, 6.45) is 0.225. The van der Waals surface area contributed by atoms with Crippen LogP contribution >= 0.6 is 0 Å². The number of hydrogen-bond acceptors (Lipinski definition) is 4. The number of nitrogens with one attached hydrogen (secondary N) is 2. The number of rotatable bonds is 10. The summed E-state index contributed by atoms with van der Waals surface area (Å²) in [4.78, 5) is 22.3. The third kappa shape index (κ3) is 10.3. The van der Waals surface area contributed by atoms with E-state index in [1.807, 2.05) is 13.8 Å². The molecule has 0 radical (unpaired) electrons. The van der Waals surface area contributed by atoms with Crippen molar-refractivity contribution in [3.05, 3.63) is 0 Å². The third-order valence-electron chi connectivity index (χ3n) is 2.20. The average Bonchev–Trinajstić information content (AvgIpc) is 2.33. The molecule has 2 amide bonds. The normalized spacial score (nSPS) is 12.2. The van der Waals surface area contributed by atoms with E-state index < -0.39 is 18.0 Å². The number of ether oxygens (including phenoxy) is 2. The Morgan fingerprint density at radius 2 is 1.95 bits per heavy atom. The second-order valence-electron chi connectivity index (χ2n) is 4.54. The van der Waals surface area contributed by atoms with Crippen molar-refractivity contribution in [1.82, 2.24) is 10.6 Å². The number of carbonyl (C=O) groups is 2. The van der Waals surface area contributed by atoms with E-state index in [9.17, 15) is 9.59 Å². The standard InChI is InChI=1S/C12H24N2O5/c1-9(2)8-19-7-5-13-12(17)14-10(11(15)16)4-6-18-3/h9-10H,4-8H2,1-3H3,(H,15,16)(H2,13,14,17). The quantitative estimate of drug-likeness (QED) is 0.503. The van der Waals surface area contributed by atoms with Crippen LogP contribution in [0.5, 0.6) is 0 Å². The molecule has 7 heteroatoms. The molecule has 0 bridgehead atoms. The number of carboxylic acid groups (broad SMARTS) is 1. The fourth-order valence-corrected chi connectivity index (χ4v) is 1.26. The predicted octanol–water partition coefficient (Wildman–Crippen LogP) is 0.448. The van der Waals surface area contributed by atoms with Gasteiger partial charge in [0.05, 0.1) is 6.61 Å². The van der Waals surface area contributed by atoms with Crippen molar-refractivity contribution in [2.75, 3.05) is 33.5 Å². The Morgan fingerprint density at radius 3 is 2.47 bits per heavy atom. The number of methoxy groups -OCH3 is 1. The van der Waals surface area contributed by atoms with Crippen LogP contribution in [0.1, 0.15) is 20.3 Å². The van der Waals surface area contributed by atoms with Crippen LogP contribution in [-0.4, -0.2) is 56.6 Å². The van der Waals surface area contributed by atoms with Crippen LogP contribution in [0.4, 0.5) is 4.79 Å². The van der Waals surface area contributed by atoms with Crippen molar-refractivity contribution in [3.8, 4) is 0 Å². The zero-order valence-electron chi connectivity index (χ0n) is 11.8. The van der Waals surface area contributed by atoms with E-state index >= 15 is 0 Å². The summed E-state index contributed by atoms with van der Waals surface area (Å²) < 4.78 is 10.1. The first kappa shape index (κ1) is 17.7. The molecule has 1 unspecified atom stereocenters. The van der Waals surface area contributed by atoms with Gasteiger partial charge in [-0.05, 0) is 5.92 Å².